The van der Waals surface area contributed by atoms with Crippen molar-refractivity contribution in [1.82, 2.24) is 13.7 Å². The quantitative estimate of drug-likeness (QED) is 0.297. The molecule has 1 aromatic heterocycles. The Kier molecular flexibility index (Phi) is 9.99. The van der Waals surface area contributed by atoms with Crippen molar-refractivity contribution in [3.8, 4) is 0 Å². The van der Waals surface area contributed by atoms with Crippen molar-refractivity contribution < 1.29 is 28.6 Å². The molecule has 3 atom stereocenters. The first-order chi connectivity index (χ1) is 15.5. The molecular formula is C21H27N3O9. The monoisotopic (exact) mass is 465 g/mol. The van der Waals surface area contributed by atoms with Crippen LogP contribution in [-0.4, -0.2) is 31.6 Å². The van der Waals surface area contributed by atoms with Gasteiger partial charge >= 0.3 is 35.0 Å². The maximum absolute atomic E-state index is 13.0. The summed E-state index contributed by atoms with van der Waals surface area (Å²) in [5.74, 6) is -2.54. The number of ether oxygens (including phenoxy) is 3. The van der Waals surface area contributed by atoms with Gasteiger partial charge < -0.3 is 14.2 Å². The van der Waals surface area contributed by atoms with Crippen molar-refractivity contribution in [2.45, 2.75) is 60.2 Å². The van der Waals surface area contributed by atoms with Gasteiger partial charge in [0.2, 0.25) is 0 Å². The molecule has 1 heterocycles. The Morgan fingerprint density at radius 2 is 0.788 bits per heavy atom. The summed E-state index contributed by atoms with van der Waals surface area (Å²) in [5, 5.41) is 0. The minimum Gasteiger partial charge on any atom is -0.438 e. The molecule has 0 amide bonds. The Balaban J connectivity index is 3.77. The van der Waals surface area contributed by atoms with E-state index in [1.54, 1.807) is 20.8 Å². The van der Waals surface area contributed by atoms with E-state index in [4.69, 9.17) is 14.2 Å². The van der Waals surface area contributed by atoms with Crippen LogP contribution >= 0.6 is 0 Å². The Hall–Kier alpha value is -3.96. The summed E-state index contributed by atoms with van der Waals surface area (Å²) in [5.41, 5.74) is -3.60. The molecule has 0 fully saturated rings. The molecule has 0 saturated carbocycles. The van der Waals surface area contributed by atoms with Crippen LogP contribution in [0, 0.1) is 0 Å². The summed E-state index contributed by atoms with van der Waals surface area (Å²) in [6.07, 6.45) is 3.02. The first kappa shape index (κ1) is 27.1. The van der Waals surface area contributed by atoms with E-state index in [0.717, 1.165) is 18.2 Å². The molecule has 1 aromatic rings. The van der Waals surface area contributed by atoms with Gasteiger partial charge in [-0.15, -0.1) is 0 Å². The predicted octanol–water partition coefficient (Wildman–Crippen LogP) is 1.09. The standard InChI is InChI=1S/C21H27N3O9/c1-7-10-16(25)31-13(4)22-19(28)23(14(5)32-17(26)11-8-2)21(30)24(20(22)29)15(6)33-18(27)12-9-3/h7-15H,1-6H3/b10-7+,11-8+,12-9+. The lowest BCUT2D eigenvalue weighted by molar-refractivity contribution is -0.148. The average Bonchev–Trinajstić information content (AvgIpc) is 2.67. The number of carbonyl (C=O) groups is 3. The second-order valence-corrected chi connectivity index (χ2v) is 6.57. The van der Waals surface area contributed by atoms with Crippen molar-refractivity contribution in [1.29, 1.82) is 0 Å². The fraction of sp³-hybridized carbons (Fsp3) is 0.429. The van der Waals surface area contributed by atoms with Gasteiger partial charge in [0.1, 0.15) is 0 Å². The molecule has 180 valence electrons. The molecule has 12 heteroatoms. The first-order valence-corrected chi connectivity index (χ1v) is 9.99. The lowest BCUT2D eigenvalue weighted by atomic mass is 10.5. The number of allylic oxidation sites excluding steroid dienone is 3. The maximum atomic E-state index is 13.0. The highest BCUT2D eigenvalue weighted by molar-refractivity contribution is 5.82. The summed E-state index contributed by atoms with van der Waals surface area (Å²) in [6.45, 7) is 8.38. The number of rotatable bonds is 9. The molecule has 1 rings (SSSR count). The van der Waals surface area contributed by atoms with Gasteiger partial charge in [-0.3, -0.25) is 0 Å². The number of carbonyl (C=O) groups excluding carboxylic acids is 3. The summed E-state index contributed by atoms with van der Waals surface area (Å²) < 4.78 is 16.6. The number of nitrogens with zero attached hydrogens (tertiary/aromatic N) is 3. The Morgan fingerprint density at radius 3 is 0.970 bits per heavy atom. The first-order valence-electron chi connectivity index (χ1n) is 9.99. The number of esters is 3. The normalized spacial score (nSPS) is 14.4. The van der Waals surface area contributed by atoms with Crippen molar-refractivity contribution >= 4 is 17.9 Å². The zero-order valence-corrected chi connectivity index (χ0v) is 19.2. The van der Waals surface area contributed by atoms with Gasteiger partial charge in [0.15, 0.2) is 18.7 Å². The van der Waals surface area contributed by atoms with Crippen LogP contribution in [0.3, 0.4) is 0 Å². The fourth-order valence-corrected chi connectivity index (χ4v) is 2.72. The van der Waals surface area contributed by atoms with Crippen LogP contribution in [0.25, 0.3) is 0 Å². The van der Waals surface area contributed by atoms with Crippen LogP contribution in [0.2, 0.25) is 0 Å². The van der Waals surface area contributed by atoms with E-state index in [1.807, 2.05) is 0 Å². The van der Waals surface area contributed by atoms with E-state index in [2.05, 4.69) is 0 Å². The topological polar surface area (TPSA) is 145 Å². The highest BCUT2D eigenvalue weighted by Crippen LogP contribution is 2.08. The second kappa shape index (κ2) is 12.2. The van der Waals surface area contributed by atoms with Crippen LogP contribution < -0.4 is 17.1 Å². The Morgan fingerprint density at radius 1 is 0.576 bits per heavy atom. The molecule has 0 aliphatic carbocycles. The van der Waals surface area contributed by atoms with E-state index in [-0.39, 0.29) is 0 Å². The third-order valence-corrected chi connectivity index (χ3v) is 4.10. The van der Waals surface area contributed by atoms with Gasteiger partial charge in [0.05, 0.1) is 0 Å². The van der Waals surface area contributed by atoms with Crippen molar-refractivity contribution in [2.75, 3.05) is 0 Å². The SMILES string of the molecule is C/C=C/C(=O)OC(C)n1c(=O)n(C(C)OC(=O)/C=C/C)c(=O)n(C(C)OC(=O)/C=C/C)c1=O. The Labute approximate surface area is 189 Å². The fourth-order valence-electron chi connectivity index (χ4n) is 2.72. The highest BCUT2D eigenvalue weighted by Gasteiger charge is 2.27. The van der Waals surface area contributed by atoms with E-state index >= 15 is 0 Å². The molecule has 0 saturated heterocycles. The smallest absolute Gasteiger partial charge is 0.342 e. The van der Waals surface area contributed by atoms with Crippen molar-refractivity contribution in [2.24, 2.45) is 0 Å². The highest BCUT2D eigenvalue weighted by atomic mass is 16.6. The molecule has 0 bridgehead atoms. The van der Waals surface area contributed by atoms with Gasteiger partial charge in [-0.1, -0.05) is 18.2 Å². The molecule has 3 unspecified atom stereocenters. The molecule has 0 aliphatic heterocycles. The van der Waals surface area contributed by atoms with E-state index in [9.17, 15) is 28.8 Å². The van der Waals surface area contributed by atoms with Gasteiger partial charge in [0.25, 0.3) is 0 Å². The van der Waals surface area contributed by atoms with Crippen LogP contribution in [0.1, 0.15) is 60.2 Å². The number of aromatic nitrogens is 3. The molecule has 0 aromatic carbocycles. The molecule has 33 heavy (non-hydrogen) atoms. The number of hydrogen-bond donors (Lipinski definition) is 0. The third-order valence-electron chi connectivity index (χ3n) is 4.10. The van der Waals surface area contributed by atoms with Gasteiger partial charge in [-0.25, -0.2) is 42.5 Å². The largest absolute Gasteiger partial charge is 0.438 e. The minimum absolute atomic E-state index is 0.475. The van der Waals surface area contributed by atoms with E-state index < -0.39 is 53.7 Å². The number of hydrogen-bond acceptors (Lipinski definition) is 9. The summed E-state index contributed by atoms with van der Waals surface area (Å²) in [7, 11) is 0. The van der Waals surface area contributed by atoms with Gasteiger partial charge in [-0.2, -0.15) is 0 Å². The minimum atomic E-state index is -1.45. The van der Waals surface area contributed by atoms with Crippen molar-refractivity contribution in [3.63, 3.8) is 0 Å². The third kappa shape index (κ3) is 6.76. The van der Waals surface area contributed by atoms with Crippen LogP contribution in [0.15, 0.2) is 50.8 Å². The van der Waals surface area contributed by atoms with Gasteiger partial charge in [0, 0.05) is 18.2 Å². The van der Waals surface area contributed by atoms with E-state index in [0.29, 0.717) is 13.7 Å². The summed E-state index contributed by atoms with van der Waals surface area (Å²) >= 11 is 0. The predicted molar refractivity (Wildman–Crippen MR) is 116 cm³/mol. The molecule has 0 spiro atoms. The van der Waals surface area contributed by atoms with Gasteiger partial charge in [-0.05, 0) is 41.5 Å². The molecule has 0 N–H and O–H groups in total. The molecular weight excluding hydrogens is 438 g/mol. The molecule has 12 nitrogen and oxygen atoms in total. The van der Waals surface area contributed by atoms with E-state index in [1.165, 1.54) is 39.0 Å². The van der Waals surface area contributed by atoms with Crippen LogP contribution in [0.5, 0.6) is 0 Å². The zero-order chi connectivity index (χ0) is 25.3. The van der Waals surface area contributed by atoms with Crippen LogP contribution in [-0.2, 0) is 28.6 Å². The molecule has 0 radical (unpaired) electrons. The molecule has 0 aliphatic rings. The maximum Gasteiger partial charge on any atom is 0.342 e. The lowest BCUT2D eigenvalue weighted by Crippen LogP contribution is -2.57. The average molecular weight is 465 g/mol. The second-order valence-electron chi connectivity index (χ2n) is 6.57. The van der Waals surface area contributed by atoms with Crippen LogP contribution in [0.4, 0.5) is 0 Å². The summed E-state index contributed by atoms with van der Waals surface area (Å²) in [4.78, 5) is 74.6. The Bertz CT molecular complexity index is 978. The van der Waals surface area contributed by atoms with Crippen molar-refractivity contribution in [3.05, 3.63) is 67.9 Å². The zero-order valence-electron chi connectivity index (χ0n) is 19.2. The lowest BCUT2D eigenvalue weighted by Gasteiger charge is -2.23. The summed E-state index contributed by atoms with van der Waals surface area (Å²) in [6, 6.07) is 0.